The van der Waals surface area contributed by atoms with Crippen LogP contribution in [0.1, 0.15) is 42.0 Å². The molecule has 5 amide bonds. The first-order valence-electron chi connectivity index (χ1n) is 11.3. The third kappa shape index (κ3) is 4.21. The van der Waals surface area contributed by atoms with Crippen LogP contribution in [0.5, 0.6) is 5.75 Å². The Morgan fingerprint density at radius 3 is 2.68 bits per heavy atom. The second kappa shape index (κ2) is 9.17. The molecule has 3 N–H and O–H groups in total. The van der Waals surface area contributed by atoms with E-state index in [1.54, 1.807) is 13.0 Å². The largest absolute Gasteiger partial charge is 0.481 e. The smallest absolute Gasteiger partial charge is 0.325 e. The molecule has 4 rings (SSSR count). The van der Waals surface area contributed by atoms with Gasteiger partial charge in [0.2, 0.25) is 0 Å². The number of amides is 5. The molecule has 1 heterocycles. The van der Waals surface area contributed by atoms with E-state index in [2.05, 4.69) is 16.2 Å². The Labute approximate surface area is 197 Å². The maximum absolute atomic E-state index is 13.3. The summed E-state index contributed by atoms with van der Waals surface area (Å²) in [5.74, 6) is -1.15. The number of urea groups is 1. The van der Waals surface area contributed by atoms with Crippen molar-refractivity contribution in [2.75, 3.05) is 6.54 Å². The van der Waals surface area contributed by atoms with Crippen LogP contribution in [0.3, 0.4) is 0 Å². The Morgan fingerprint density at radius 1 is 1.12 bits per heavy atom. The van der Waals surface area contributed by atoms with Gasteiger partial charge in [-0.2, -0.15) is 0 Å². The Kier molecular flexibility index (Phi) is 6.28. The van der Waals surface area contributed by atoms with Crippen LogP contribution in [0, 0.1) is 13.8 Å². The van der Waals surface area contributed by atoms with Crippen molar-refractivity contribution >= 4 is 23.8 Å². The predicted molar refractivity (Wildman–Crippen MR) is 124 cm³/mol. The molecule has 0 bridgehead atoms. The van der Waals surface area contributed by atoms with Crippen LogP contribution >= 0.6 is 0 Å². The van der Waals surface area contributed by atoms with Gasteiger partial charge in [-0.15, -0.1) is 0 Å². The summed E-state index contributed by atoms with van der Waals surface area (Å²) in [6.07, 6.45) is 1.17. The first-order chi connectivity index (χ1) is 16.2. The molecule has 9 heteroatoms. The fourth-order valence-corrected chi connectivity index (χ4v) is 4.47. The number of imide groups is 1. The van der Waals surface area contributed by atoms with Crippen LogP contribution in [0.25, 0.3) is 0 Å². The van der Waals surface area contributed by atoms with Gasteiger partial charge in [-0.05, 0) is 68.4 Å². The molecule has 2 aromatic rings. The lowest BCUT2D eigenvalue weighted by molar-refractivity contribution is -0.137. The molecule has 1 saturated heterocycles. The molecule has 1 aliphatic heterocycles. The molecule has 34 heavy (non-hydrogen) atoms. The predicted octanol–water partition coefficient (Wildman–Crippen LogP) is 2.00. The van der Waals surface area contributed by atoms with Gasteiger partial charge in [-0.3, -0.25) is 30.1 Å². The molecule has 2 unspecified atom stereocenters. The molecule has 0 radical (unpaired) electrons. The van der Waals surface area contributed by atoms with Crippen molar-refractivity contribution in [1.82, 2.24) is 21.1 Å². The SMILES string of the molecule is Cc1cccc(OC(C)C(=O)NNC(=O)CN2C(=O)NC3(CCCc4ccccc43)C2=O)c1C. The number of hydrazine groups is 1. The van der Waals surface area contributed by atoms with Crippen molar-refractivity contribution in [3.05, 3.63) is 64.7 Å². The molecule has 1 aliphatic carbocycles. The zero-order valence-corrected chi connectivity index (χ0v) is 19.4. The molecule has 0 aromatic heterocycles. The van der Waals surface area contributed by atoms with Crippen LogP contribution in [-0.4, -0.2) is 41.3 Å². The topological polar surface area (TPSA) is 117 Å². The fraction of sp³-hybridized carbons (Fsp3) is 0.360. The first kappa shape index (κ1) is 23.3. The van der Waals surface area contributed by atoms with Crippen LogP contribution in [0.4, 0.5) is 4.79 Å². The monoisotopic (exact) mass is 464 g/mol. The summed E-state index contributed by atoms with van der Waals surface area (Å²) in [6, 6.07) is 12.4. The van der Waals surface area contributed by atoms with E-state index in [1.165, 1.54) is 0 Å². The first-order valence-corrected chi connectivity index (χ1v) is 11.3. The molecular weight excluding hydrogens is 436 g/mol. The highest BCUT2D eigenvalue weighted by Crippen LogP contribution is 2.39. The lowest BCUT2D eigenvalue weighted by Crippen LogP contribution is -2.51. The molecule has 0 saturated carbocycles. The lowest BCUT2D eigenvalue weighted by atomic mass is 9.76. The van der Waals surface area contributed by atoms with Crippen molar-refractivity contribution in [1.29, 1.82) is 0 Å². The molecular formula is C25H28N4O5. The van der Waals surface area contributed by atoms with Crippen molar-refractivity contribution in [2.45, 2.75) is 51.7 Å². The number of aryl methyl sites for hydroxylation is 2. The third-order valence-corrected chi connectivity index (χ3v) is 6.51. The van der Waals surface area contributed by atoms with Gasteiger partial charge in [0.1, 0.15) is 17.8 Å². The second-order valence-corrected chi connectivity index (χ2v) is 8.73. The number of ether oxygens (including phenoxy) is 1. The minimum absolute atomic E-state index is 0.460. The van der Waals surface area contributed by atoms with Gasteiger partial charge in [-0.25, -0.2) is 4.79 Å². The number of carbonyl (C=O) groups excluding carboxylic acids is 4. The summed E-state index contributed by atoms with van der Waals surface area (Å²) < 4.78 is 5.70. The summed E-state index contributed by atoms with van der Waals surface area (Å²) in [7, 11) is 0. The van der Waals surface area contributed by atoms with Crippen molar-refractivity contribution in [3.8, 4) is 5.75 Å². The number of nitrogens with zero attached hydrogens (tertiary/aromatic N) is 1. The number of hydrogen-bond donors (Lipinski definition) is 3. The number of nitrogens with one attached hydrogen (secondary N) is 3. The zero-order valence-electron chi connectivity index (χ0n) is 19.4. The van der Waals surface area contributed by atoms with Gasteiger partial charge >= 0.3 is 6.03 Å². The number of hydrogen-bond acceptors (Lipinski definition) is 5. The van der Waals surface area contributed by atoms with Gasteiger partial charge in [-0.1, -0.05) is 36.4 Å². The lowest BCUT2D eigenvalue weighted by Gasteiger charge is -2.33. The standard InChI is InChI=1S/C25H28N4O5/c1-15-8-6-12-20(16(15)2)34-17(3)22(31)28-27-21(30)14-29-23(32)25(26-24(29)33)13-7-10-18-9-4-5-11-19(18)25/h4-6,8-9,11-12,17H,7,10,13-14H2,1-3H3,(H,26,33)(H,27,30)(H,28,31). The highest BCUT2D eigenvalue weighted by Gasteiger charge is 2.54. The summed E-state index contributed by atoms with van der Waals surface area (Å²) in [4.78, 5) is 51.6. The van der Waals surface area contributed by atoms with E-state index in [0.29, 0.717) is 12.2 Å². The summed E-state index contributed by atoms with van der Waals surface area (Å²) in [5, 5.41) is 2.80. The molecule has 2 aromatic carbocycles. The normalized spacial score (nSPS) is 19.9. The van der Waals surface area contributed by atoms with Crippen LogP contribution < -0.4 is 20.9 Å². The molecule has 2 atom stereocenters. The van der Waals surface area contributed by atoms with Gasteiger partial charge in [0.25, 0.3) is 17.7 Å². The van der Waals surface area contributed by atoms with Crippen LogP contribution in [-0.2, 0) is 26.3 Å². The molecule has 9 nitrogen and oxygen atoms in total. The average molecular weight is 465 g/mol. The Morgan fingerprint density at radius 2 is 1.88 bits per heavy atom. The highest BCUT2D eigenvalue weighted by atomic mass is 16.5. The van der Waals surface area contributed by atoms with E-state index in [1.807, 2.05) is 50.2 Å². The second-order valence-electron chi connectivity index (χ2n) is 8.73. The minimum Gasteiger partial charge on any atom is -0.481 e. The Balaban J connectivity index is 1.35. The number of benzene rings is 2. The van der Waals surface area contributed by atoms with Gasteiger partial charge in [0.05, 0.1) is 0 Å². The van der Waals surface area contributed by atoms with E-state index in [9.17, 15) is 19.2 Å². The molecule has 2 aliphatic rings. The highest BCUT2D eigenvalue weighted by molar-refractivity contribution is 6.09. The number of fused-ring (bicyclic) bond motifs is 2. The summed E-state index contributed by atoms with van der Waals surface area (Å²) in [6.45, 7) is 4.89. The van der Waals surface area contributed by atoms with E-state index < -0.39 is 41.9 Å². The molecule has 1 fully saturated rings. The van der Waals surface area contributed by atoms with Gasteiger partial charge < -0.3 is 10.1 Å². The van der Waals surface area contributed by atoms with E-state index in [4.69, 9.17) is 4.74 Å². The third-order valence-electron chi connectivity index (χ3n) is 6.51. The molecule has 178 valence electrons. The summed E-state index contributed by atoms with van der Waals surface area (Å²) in [5.41, 5.74) is 7.14. The van der Waals surface area contributed by atoms with Crippen LogP contribution in [0.15, 0.2) is 42.5 Å². The maximum atomic E-state index is 13.3. The van der Waals surface area contributed by atoms with E-state index in [0.717, 1.165) is 40.0 Å². The zero-order chi connectivity index (χ0) is 24.5. The Hall–Kier alpha value is -3.88. The average Bonchev–Trinajstić information content (AvgIpc) is 3.05. The summed E-state index contributed by atoms with van der Waals surface area (Å²) >= 11 is 0. The molecule has 1 spiro atoms. The van der Waals surface area contributed by atoms with Gasteiger partial charge in [0.15, 0.2) is 6.10 Å². The van der Waals surface area contributed by atoms with Crippen LogP contribution in [0.2, 0.25) is 0 Å². The number of rotatable bonds is 5. The van der Waals surface area contributed by atoms with Crippen molar-refractivity contribution < 1.29 is 23.9 Å². The van der Waals surface area contributed by atoms with E-state index >= 15 is 0 Å². The minimum atomic E-state index is -1.15. The number of carbonyl (C=O) groups is 4. The van der Waals surface area contributed by atoms with Crippen molar-refractivity contribution in [2.24, 2.45) is 0 Å². The quantitative estimate of drug-likeness (QED) is 0.462. The Bertz CT molecular complexity index is 1160. The fourth-order valence-electron chi connectivity index (χ4n) is 4.47. The van der Waals surface area contributed by atoms with E-state index in [-0.39, 0.29) is 0 Å². The van der Waals surface area contributed by atoms with Gasteiger partial charge in [0, 0.05) is 0 Å². The van der Waals surface area contributed by atoms with Crippen molar-refractivity contribution in [3.63, 3.8) is 0 Å². The maximum Gasteiger partial charge on any atom is 0.325 e.